The number of nitrogens with zero attached hydrogens (tertiary/aromatic N) is 1. The number of thiol groups is 1. The number of ether oxygens (including phenoxy) is 1. The summed E-state index contributed by atoms with van der Waals surface area (Å²) in [5.74, 6) is -0.0318. The first kappa shape index (κ1) is 15.7. The smallest absolute Gasteiger partial charge is 0.255 e. The van der Waals surface area contributed by atoms with Gasteiger partial charge in [-0.25, -0.2) is 0 Å². The molecule has 1 aromatic carbocycles. The molecule has 0 aromatic heterocycles. The SMILES string of the molecule is CCCOC1CCCN(C(=O)c2cc(S)ccc2Cl)C1. The van der Waals surface area contributed by atoms with Crippen LogP contribution in [0.15, 0.2) is 23.1 Å². The highest BCUT2D eigenvalue weighted by molar-refractivity contribution is 7.80. The number of carbonyl (C=O) groups excluding carboxylic acids is 1. The average molecular weight is 314 g/mol. The van der Waals surface area contributed by atoms with Gasteiger partial charge in [0.15, 0.2) is 0 Å². The van der Waals surface area contributed by atoms with Gasteiger partial charge in [-0.1, -0.05) is 18.5 Å². The summed E-state index contributed by atoms with van der Waals surface area (Å²) < 4.78 is 5.76. The maximum absolute atomic E-state index is 12.5. The molecule has 1 amide bonds. The lowest BCUT2D eigenvalue weighted by Gasteiger charge is -2.33. The van der Waals surface area contributed by atoms with E-state index in [2.05, 4.69) is 19.6 Å². The van der Waals surface area contributed by atoms with Crippen LogP contribution in [-0.2, 0) is 4.74 Å². The van der Waals surface area contributed by atoms with E-state index in [0.717, 1.165) is 37.3 Å². The van der Waals surface area contributed by atoms with E-state index in [4.69, 9.17) is 16.3 Å². The third kappa shape index (κ3) is 3.90. The summed E-state index contributed by atoms with van der Waals surface area (Å²) in [6, 6.07) is 5.22. The lowest BCUT2D eigenvalue weighted by Crippen LogP contribution is -2.43. The second kappa shape index (κ2) is 7.34. The summed E-state index contributed by atoms with van der Waals surface area (Å²) in [4.78, 5) is 15.1. The first-order valence-electron chi connectivity index (χ1n) is 7.01. The van der Waals surface area contributed by atoms with Gasteiger partial charge in [0.25, 0.3) is 5.91 Å². The van der Waals surface area contributed by atoms with Gasteiger partial charge in [-0.15, -0.1) is 12.6 Å². The summed E-state index contributed by atoms with van der Waals surface area (Å²) in [6.45, 7) is 4.24. The number of piperidine rings is 1. The molecule has 1 saturated heterocycles. The van der Waals surface area contributed by atoms with Crippen LogP contribution in [0.25, 0.3) is 0 Å². The van der Waals surface area contributed by atoms with Gasteiger partial charge in [0, 0.05) is 24.6 Å². The molecule has 1 aliphatic rings. The molecule has 110 valence electrons. The van der Waals surface area contributed by atoms with Crippen molar-refractivity contribution in [1.82, 2.24) is 4.90 Å². The zero-order valence-electron chi connectivity index (χ0n) is 11.6. The number of carbonyl (C=O) groups is 1. The summed E-state index contributed by atoms with van der Waals surface area (Å²) in [5.41, 5.74) is 0.523. The van der Waals surface area contributed by atoms with E-state index in [1.54, 1.807) is 18.2 Å². The Morgan fingerprint density at radius 2 is 2.35 bits per heavy atom. The van der Waals surface area contributed by atoms with Gasteiger partial charge in [0.1, 0.15) is 0 Å². The summed E-state index contributed by atoms with van der Waals surface area (Å²) >= 11 is 10.4. The quantitative estimate of drug-likeness (QED) is 0.860. The van der Waals surface area contributed by atoms with Crippen molar-refractivity contribution in [2.24, 2.45) is 0 Å². The molecule has 1 aromatic rings. The number of hydrogen-bond donors (Lipinski definition) is 1. The second-order valence-electron chi connectivity index (χ2n) is 5.05. The van der Waals surface area contributed by atoms with Gasteiger partial charge in [0.05, 0.1) is 16.7 Å². The van der Waals surface area contributed by atoms with Gasteiger partial charge in [-0.05, 0) is 37.5 Å². The van der Waals surface area contributed by atoms with Crippen molar-refractivity contribution in [3.8, 4) is 0 Å². The van der Waals surface area contributed by atoms with Crippen LogP contribution in [0.5, 0.6) is 0 Å². The van der Waals surface area contributed by atoms with Gasteiger partial charge in [-0.2, -0.15) is 0 Å². The van der Waals surface area contributed by atoms with Crippen molar-refractivity contribution in [2.75, 3.05) is 19.7 Å². The molecule has 1 atom stereocenters. The van der Waals surface area contributed by atoms with Crippen LogP contribution < -0.4 is 0 Å². The van der Waals surface area contributed by atoms with E-state index in [9.17, 15) is 4.79 Å². The van der Waals surface area contributed by atoms with Crippen LogP contribution in [0.4, 0.5) is 0 Å². The lowest BCUT2D eigenvalue weighted by atomic mass is 10.1. The third-order valence-corrected chi connectivity index (χ3v) is 4.01. The van der Waals surface area contributed by atoms with Crippen molar-refractivity contribution in [3.63, 3.8) is 0 Å². The van der Waals surface area contributed by atoms with Gasteiger partial charge >= 0.3 is 0 Å². The maximum atomic E-state index is 12.5. The zero-order chi connectivity index (χ0) is 14.5. The van der Waals surface area contributed by atoms with E-state index in [1.807, 2.05) is 4.90 Å². The van der Waals surface area contributed by atoms with Crippen LogP contribution in [0.3, 0.4) is 0 Å². The number of hydrogen-bond acceptors (Lipinski definition) is 3. The molecule has 0 spiro atoms. The Morgan fingerprint density at radius 1 is 1.55 bits per heavy atom. The first-order valence-corrected chi connectivity index (χ1v) is 7.83. The number of likely N-dealkylation sites (tertiary alicyclic amines) is 1. The first-order chi connectivity index (χ1) is 9.61. The Hall–Kier alpha value is -0.710. The molecule has 0 aliphatic carbocycles. The van der Waals surface area contributed by atoms with Crippen LogP contribution in [0.1, 0.15) is 36.5 Å². The van der Waals surface area contributed by atoms with E-state index in [-0.39, 0.29) is 12.0 Å². The number of amides is 1. The highest BCUT2D eigenvalue weighted by atomic mass is 35.5. The highest BCUT2D eigenvalue weighted by Gasteiger charge is 2.26. The minimum Gasteiger partial charge on any atom is -0.376 e. The van der Waals surface area contributed by atoms with Crippen molar-refractivity contribution in [1.29, 1.82) is 0 Å². The fourth-order valence-corrected chi connectivity index (χ4v) is 2.79. The molecule has 3 nitrogen and oxygen atoms in total. The standard InChI is InChI=1S/C15H20ClNO2S/c1-2-8-19-11-4-3-7-17(10-11)15(18)13-9-12(20)5-6-14(13)16/h5-6,9,11,20H,2-4,7-8,10H2,1H3. The summed E-state index contributed by atoms with van der Waals surface area (Å²) in [5, 5.41) is 0.476. The van der Waals surface area contributed by atoms with E-state index < -0.39 is 0 Å². The molecule has 1 unspecified atom stereocenters. The molecule has 1 heterocycles. The normalized spacial score (nSPS) is 19.1. The lowest BCUT2D eigenvalue weighted by molar-refractivity contribution is 0.00211. The van der Waals surface area contributed by atoms with Crippen LogP contribution >= 0.6 is 24.2 Å². The van der Waals surface area contributed by atoms with Gasteiger partial charge < -0.3 is 9.64 Å². The van der Waals surface area contributed by atoms with E-state index >= 15 is 0 Å². The highest BCUT2D eigenvalue weighted by Crippen LogP contribution is 2.23. The fourth-order valence-electron chi connectivity index (χ4n) is 2.39. The summed E-state index contributed by atoms with van der Waals surface area (Å²) in [7, 11) is 0. The van der Waals surface area contributed by atoms with Crippen molar-refractivity contribution in [2.45, 2.75) is 37.2 Å². The molecular formula is C15H20ClNO2S. The predicted octanol–water partition coefficient (Wildman–Crippen LogP) is 3.66. The third-order valence-electron chi connectivity index (χ3n) is 3.40. The minimum atomic E-state index is -0.0318. The number of benzene rings is 1. The van der Waals surface area contributed by atoms with Crippen LogP contribution in [0, 0.1) is 0 Å². The molecule has 2 rings (SSSR count). The largest absolute Gasteiger partial charge is 0.376 e. The van der Waals surface area contributed by atoms with Crippen molar-refractivity contribution >= 4 is 30.1 Å². The van der Waals surface area contributed by atoms with Gasteiger partial charge in [0.2, 0.25) is 0 Å². The molecule has 0 bridgehead atoms. The maximum Gasteiger partial charge on any atom is 0.255 e. The van der Waals surface area contributed by atoms with E-state index in [1.165, 1.54) is 0 Å². The van der Waals surface area contributed by atoms with E-state index in [0.29, 0.717) is 17.1 Å². The average Bonchev–Trinajstić information content (AvgIpc) is 2.47. The minimum absolute atomic E-state index is 0.0318. The molecule has 0 saturated carbocycles. The molecule has 0 N–H and O–H groups in total. The van der Waals surface area contributed by atoms with Crippen LogP contribution in [0.2, 0.25) is 5.02 Å². The second-order valence-corrected chi connectivity index (χ2v) is 5.97. The summed E-state index contributed by atoms with van der Waals surface area (Å²) in [6.07, 6.45) is 3.13. The van der Waals surface area contributed by atoms with Crippen molar-refractivity contribution in [3.05, 3.63) is 28.8 Å². The Labute approximate surface area is 130 Å². The fraction of sp³-hybridized carbons (Fsp3) is 0.533. The molecule has 20 heavy (non-hydrogen) atoms. The molecule has 1 aliphatic heterocycles. The zero-order valence-corrected chi connectivity index (χ0v) is 13.3. The molecule has 5 heteroatoms. The molecular weight excluding hydrogens is 294 g/mol. The van der Waals surface area contributed by atoms with Crippen molar-refractivity contribution < 1.29 is 9.53 Å². The Balaban J connectivity index is 2.06. The Kier molecular flexibility index (Phi) is 5.75. The Bertz CT molecular complexity index is 481. The Morgan fingerprint density at radius 3 is 3.10 bits per heavy atom. The molecule has 0 radical (unpaired) electrons. The number of halogens is 1. The number of rotatable bonds is 4. The monoisotopic (exact) mass is 313 g/mol. The topological polar surface area (TPSA) is 29.5 Å². The molecule has 1 fully saturated rings. The predicted molar refractivity (Wildman–Crippen MR) is 83.9 cm³/mol. The van der Waals surface area contributed by atoms with Gasteiger partial charge in [-0.3, -0.25) is 4.79 Å². The van der Waals surface area contributed by atoms with Crippen LogP contribution in [-0.4, -0.2) is 36.6 Å².